The van der Waals surface area contributed by atoms with Crippen molar-refractivity contribution in [2.75, 3.05) is 13.2 Å². The molecule has 23 heavy (non-hydrogen) atoms. The van der Waals surface area contributed by atoms with E-state index in [0.717, 1.165) is 29.7 Å². The van der Waals surface area contributed by atoms with Crippen LogP contribution < -0.4 is 10.5 Å². The number of aliphatic hydroxyl groups excluding tert-OH is 1. The zero-order valence-electron chi connectivity index (χ0n) is 15.1. The van der Waals surface area contributed by atoms with E-state index in [9.17, 15) is 5.11 Å². The van der Waals surface area contributed by atoms with Crippen LogP contribution in [0, 0.1) is 12.8 Å². The van der Waals surface area contributed by atoms with Crippen LogP contribution in [0.1, 0.15) is 45.2 Å². The number of rotatable bonds is 8. The maximum atomic E-state index is 10.4. The Kier molecular flexibility index (Phi) is 7.90. The number of ether oxygens (including phenoxy) is 1. The van der Waals surface area contributed by atoms with Gasteiger partial charge in [0.1, 0.15) is 18.1 Å². The van der Waals surface area contributed by atoms with E-state index in [0.29, 0.717) is 24.8 Å². The third-order valence-corrected chi connectivity index (χ3v) is 4.12. The average Bonchev–Trinajstić information content (AvgIpc) is 2.51. The molecular formula is C20H31NO2. The van der Waals surface area contributed by atoms with Gasteiger partial charge < -0.3 is 15.6 Å². The lowest BCUT2D eigenvalue weighted by molar-refractivity contribution is 0.328. The van der Waals surface area contributed by atoms with Gasteiger partial charge in [0.2, 0.25) is 0 Å². The molecule has 1 aromatic rings. The molecule has 0 bridgehead atoms. The Morgan fingerprint density at radius 3 is 2.57 bits per heavy atom. The Labute approximate surface area is 140 Å². The molecule has 0 saturated carbocycles. The van der Waals surface area contributed by atoms with Gasteiger partial charge in [0.15, 0.2) is 0 Å². The second kappa shape index (κ2) is 9.41. The number of benzene rings is 1. The highest BCUT2D eigenvalue weighted by molar-refractivity contribution is 5.41. The Bertz CT molecular complexity index is 571. The zero-order chi connectivity index (χ0) is 17.4. The third kappa shape index (κ3) is 5.76. The lowest BCUT2D eigenvalue weighted by Gasteiger charge is -2.17. The molecule has 3 heteroatoms. The Balaban J connectivity index is 3.10. The SMILES string of the molecule is CC/C=C(O)\C(Cc1ccc(OCCN)cc1C)=C(/C)C(C)C. The van der Waals surface area contributed by atoms with Crippen molar-refractivity contribution in [3.8, 4) is 5.75 Å². The molecule has 0 aromatic heterocycles. The molecule has 0 amide bonds. The fourth-order valence-electron chi connectivity index (χ4n) is 2.42. The fraction of sp³-hybridized carbons (Fsp3) is 0.500. The van der Waals surface area contributed by atoms with Gasteiger partial charge in [0.05, 0.1) is 0 Å². The minimum atomic E-state index is 0.404. The molecule has 0 saturated heterocycles. The summed E-state index contributed by atoms with van der Waals surface area (Å²) in [5, 5.41) is 10.4. The number of aryl methyl sites for hydroxylation is 1. The molecule has 1 aromatic carbocycles. The molecule has 0 spiro atoms. The summed E-state index contributed by atoms with van der Waals surface area (Å²) in [6, 6.07) is 6.09. The van der Waals surface area contributed by atoms with Crippen LogP contribution in [-0.2, 0) is 6.42 Å². The highest BCUT2D eigenvalue weighted by atomic mass is 16.5. The van der Waals surface area contributed by atoms with Crippen LogP contribution in [0.4, 0.5) is 0 Å². The number of hydrogen-bond donors (Lipinski definition) is 2. The molecular weight excluding hydrogens is 286 g/mol. The van der Waals surface area contributed by atoms with Gasteiger partial charge in [-0.3, -0.25) is 0 Å². The first-order valence-corrected chi connectivity index (χ1v) is 8.42. The Hall–Kier alpha value is -1.74. The van der Waals surface area contributed by atoms with E-state index in [4.69, 9.17) is 10.5 Å². The summed E-state index contributed by atoms with van der Waals surface area (Å²) in [5.74, 6) is 1.66. The maximum Gasteiger partial charge on any atom is 0.119 e. The second-order valence-corrected chi connectivity index (χ2v) is 6.22. The molecule has 0 heterocycles. The quantitative estimate of drug-likeness (QED) is 0.540. The number of nitrogens with two attached hydrogens (primary N) is 1. The Morgan fingerprint density at radius 2 is 2.04 bits per heavy atom. The fourth-order valence-corrected chi connectivity index (χ4v) is 2.42. The van der Waals surface area contributed by atoms with Crippen LogP contribution in [-0.4, -0.2) is 18.3 Å². The highest BCUT2D eigenvalue weighted by Crippen LogP contribution is 2.26. The van der Waals surface area contributed by atoms with Crippen molar-refractivity contribution >= 4 is 0 Å². The van der Waals surface area contributed by atoms with Gasteiger partial charge in [-0.05, 0) is 61.1 Å². The summed E-state index contributed by atoms with van der Waals surface area (Å²) in [7, 11) is 0. The minimum Gasteiger partial charge on any atom is -0.508 e. The van der Waals surface area contributed by atoms with Gasteiger partial charge in [0, 0.05) is 13.0 Å². The summed E-state index contributed by atoms with van der Waals surface area (Å²) in [6.07, 6.45) is 3.44. The van der Waals surface area contributed by atoms with Gasteiger partial charge in [-0.1, -0.05) is 32.4 Å². The predicted octanol–water partition coefficient (Wildman–Crippen LogP) is 4.70. The monoisotopic (exact) mass is 317 g/mol. The molecule has 0 atom stereocenters. The van der Waals surface area contributed by atoms with Crippen LogP contribution in [0.2, 0.25) is 0 Å². The summed E-state index contributed by atoms with van der Waals surface area (Å²) in [6.45, 7) is 11.6. The standard InChI is InChI=1S/C20H31NO2/c1-6-7-20(22)19(16(5)14(2)3)13-17-8-9-18(12-15(17)4)23-11-10-21/h7-9,12,14,22H,6,10-11,13,21H2,1-5H3/b19-16+,20-7+. The van der Waals surface area contributed by atoms with Gasteiger partial charge in [0.25, 0.3) is 0 Å². The molecule has 128 valence electrons. The molecule has 0 fully saturated rings. The van der Waals surface area contributed by atoms with E-state index in [1.165, 1.54) is 11.1 Å². The van der Waals surface area contributed by atoms with Crippen molar-refractivity contribution in [1.82, 2.24) is 0 Å². The molecule has 0 aliphatic rings. The summed E-state index contributed by atoms with van der Waals surface area (Å²) < 4.78 is 5.57. The van der Waals surface area contributed by atoms with Crippen molar-refractivity contribution in [3.05, 3.63) is 52.3 Å². The van der Waals surface area contributed by atoms with Gasteiger partial charge in [-0.15, -0.1) is 0 Å². The van der Waals surface area contributed by atoms with Crippen molar-refractivity contribution in [2.45, 2.75) is 47.5 Å². The maximum absolute atomic E-state index is 10.4. The molecule has 3 N–H and O–H groups in total. The van der Waals surface area contributed by atoms with Crippen LogP contribution in [0.5, 0.6) is 5.75 Å². The second-order valence-electron chi connectivity index (χ2n) is 6.22. The van der Waals surface area contributed by atoms with Crippen molar-refractivity contribution < 1.29 is 9.84 Å². The van der Waals surface area contributed by atoms with Crippen molar-refractivity contribution in [3.63, 3.8) is 0 Å². The van der Waals surface area contributed by atoms with E-state index in [1.54, 1.807) is 0 Å². The normalized spacial score (nSPS) is 13.3. The highest BCUT2D eigenvalue weighted by Gasteiger charge is 2.13. The van der Waals surface area contributed by atoms with Gasteiger partial charge >= 0.3 is 0 Å². The van der Waals surface area contributed by atoms with Crippen molar-refractivity contribution in [1.29, 1.82) is 0 Å². The first kappa shape index (κ1) is 19.3. The molecule has 0 aliphatic carbocycles. The lowest BCUT2D eigenvalue weighted by Crippen LogP contribution is -2.10. The smallest absolute Gasteiger partial charge is 0.119 e. The van der Waals surface area contributed by atoms with E-state index in [1.807, 2.05) is 25.1 Å². The number of hydrogen-bond acceptors (Lipinski definition) is 3. The van der Waals surface area contributed by atoms with Crippen LogP contribution in [0.25, 0.3) is 0 Å². The van der Waals surface area contributed by atoms with Crippen LogP contribution in [0.3, 0.4) is 0 Å². The predicted molar refractivity (Wildman–Crippen MR) is 98.0 cm³/mol. The molecule has 0 radical (unpaired) electrons. The molecule has 1 rings (SSSR count). The first-order chi connectivity index (χ1) is 10.9. The summed E-state index contributed by atoms with van der Waals surface area (Å²) in [4.78, 5) is 0. The topological polar surface area (TPSA) is 55.5 Å². The van der Waals surface area contributed by atoms with Crippen LogP contribution >= 0.6 is 0 Å². The van der Waals surface area contributed by atoms with Gasteiger partial charge in [-0.25, -0.2) is 0 Å². The molecule has 3 nitrogen and oxygen atoms in total. The lowest BCUT2D eigenvalue weighted by atomic mass is 9.91. The molecule has 0 unspecified atom stereocenters. The van der Waals surface area contributed by atoms with Gasteiger partial charge in [-0.2, -0.15) is 0 Å². The summed E-state index contributed by atoms with van der Waals surface area (Å²) in [5.41, 5.74) is 10.1. The van der Waals surface area contributed by atoms with E-state index in [-0.39, 0.29) is 0 Å². The third-order valence-electron chi connectivity index (χ3n) is 4.12. The average molecular weight is 317 g/mol. The minimum absolute atomic E-state index is 0.404. The summed E-state index contributed by atoms with van der Waals surface area (Å²) >= 11 is 0. The molecule has 0 aliphatic heterocycles. The first-order valence-electron chi connectivity index (χ1n) is 8.42. The van der Waals surface area contributed by atoms with E-state index >= 15 is 0 Å². The number of allylic oxidation sites excluding steroid dienone is 3. The van der Waals surface area contributed by atoms with Crippen molar-refractivity contribution in [2.24, 2.45) is 11.7 Å². The number of aliphatic hydroxyl groups is 1. The van der Waals surface area contributed by atoms with E-state index in [2.05, 4.69) is 33.8 Å². The zero-order valence-corrected chi connectivity index (χ0v) is 15.1. The Morgan fingerprint density at radius 1 is 1.35 bits per heavy atom. The largest absolute Gasteiger partial charge is 0.508 e. The van der Waals surface area contributed by atoms with Crippen LogP contribution in [0.15, 0.2) is 41.2 Å². The van der Waals surface area contributed by atoms with E-state index < -0.39 is 0 Å².